The van der Waals surface area contributed by atoms with Gasteiger partial charge in [-0.1, -0.05) is 104 Å². The second-order valence-electron chi connectivity index (χ2n) is 7.56. The van der Waals surface area contributed by atoms with E-state index in [1.807, 2.05) is 0 Å². The van der Waals surface area contributed by atoms with Crippen LogP contribution in [0, 0.1) is 0 Å². The Morgan fingerprint density at radius 2 is 0.840 bits per heavy atom. The highest BCUT2D eigenvalue weighted by molar-refractivity contribution is 4.52. The van der Waals surface area contributed by atoms with E-state index in [0.717, 1.165) is 26.1 Å². The summed E-state index contributed by atoms with van der Waals surface area (Å²) in [4.78, 5) is 0. The summed E-state index contributed by atoms with van der Waals surface area (Å²) >= 11 is 0. The van der Waals surface area contributed by atoms with Gasteiger partial charge in [-0.3, -0.25) is 0 Å². The van der Waals surface area contributed by atoms with Gasteiger partial charge >= 0.3 is 0 Å². The molecule has 1 unspecified atom stereocenters. The molecule has 0 amide bonds. The van der Waals surface area contributed by atoms with E-state index in [9.17, 15) is 0 Å². The summed E-state index contributed by atoms with van der Waals surface area (Å²) in [6, 6.07) is 0. The van der Waals surface area contributed by atoms with Gasteiger partial charge in [-0.15, -0.1) is 0 Å². The molecular weight excluding hydrogens is 308 g/mol. The highest BCUT2D eigenvalue weighted by Crippen LogP contribution is 2.14. The van der Waals surface area contributed by atoms with Crippen LogP contribution in [0.25, 0.3) is 0 Å². The number of ether oxygens (including phenoxy) is 2. The summed E-state index contributed by atoms with van der Waals surface area (Å²) in [5.74, 6) is 0. The standard InChI is InChI=1S/C23H48O2/c1-4-7-10-12-14-15-16-18-20-23(24-21-9-6-3)25-22-19-17-13-11-8-5-2/h23H,4-22H2,1-3H3. The number of unbranched alkanes of at least 4 members (excludes halogenated alkanes) is 13. The van der Waals surface area contributed by atoms with Crippen molar-refractivity contribution in [1.29, 1.82) is 0 Å². The first-order chi connectivity index (χ1) is 12.3. The maximum Gasteiger partial charge on any atom is 0.157 e. The highest BCUT2D eigenvalue weighted by atomic mass is 16.7. The van der Waals surface area contributed by atoms with Crippen LogP contribution in [0.3, 0.4) is 0 Å². The minimum absolute atomic E-state index is 0.0438. The fourth-order valence-corrected chi connectivity index (χ4v) is 3.12. The van der Waals surface area contributed by atoms with Crippen LogP contribution in [-0.4, -0.2) is 19.5 Å². The molecule has 0 radical (unpaired) electrons. The van der Waals surface area contributed by atoms with Crippen molar-refractivity contribution in [2.75, 3.05) is 13.2 Å². The number of hydrogen-bond donors (Lipinski definition) is 0. The second kappa shape index (κ2) is 22.0. The molecule has 0 saturated heterocycles. The Kier molecular flexibility index (Phi) is 21.9. The fraction of sp³-hybridized carbons (Fsp3) is 1.00. The minimum atomic E-state index is 0.0438. The maximum atomic E-state index is 6.03. The SMILES string of the molecule is CCCCCCCCCCC(OCCCC)OCCCCCCCC. The first-order valence-corrected chi connectivity index (χ1v) is 11.6. The normalized spacial score (nSPS) is 12.6. The number of rotatable bonds is 21. The molecule has 0 fully saturated rings. The van der Waals surface area contributed by atoms with Gasteiger partial charge in [0.1, 0.15) is 0 Å². The monoisotopic (exact) mass is 356 g/mol. The third-order valence-electron chi connectivity index (χ3n) is 4.90. The predicted octanol–water partition coefficient (Wildman–Crippen LogP) is 8.04. The molecular formula is C23H48O2. The minimum Gasteiger partial charge on any atom is -0.353 e. The molecule has 0 N–H and O–H groups in total. The average Bonchev–Trinajstić information content (AvgIpc) is 2.62. The molecule has 0 spiro atoms. The average molecular weight is 357 g/mol. The molecule has 2 heteroatoms. The van der Waals surface area contributed by atoms with Gasteiger partial charge in [0.05, 0.1) is 0 Å². The van der Waals surface area contributed by atoms with Crippen LogP contribution < -0.4 is 0 Å². The van der Waals surface area contributed by atoms with Crippen LogP contribution in [0.1, 0.15) is 130 Å². The van der Waals surface area contributed by atoms with Crippen molar-refractivity contribution in [1.82, 2.24) is 0 Å². The summed E-state index contributed by atoms with van der Waals surface area (Å²) in [6.07, 6.45) is 22.3. The van der Waals surface area contributed by atoms with E-state index in [1.54, 1.807) is 0 Å². The molecule has 0 aromatic carbocycles. The topological polar surface area (TPSA) is 18.5 Å². The third-order valence-corrected chi connectivity index (χ3v) is 4.90. The van der Waals surface area contributed by atoms with Crippen molar-refractivity contribution in [3.8, 4) is 0 Å². The Bertz CT molecular complexity index is 230. The van der Waals surface area contributed by atoms with Crippen LogP contribution in [0.4, 0.5) is 0 Å². The molecule has 0 bridgehead atoms. The molecule has 0 heterocycles. The molecule has 0 aliphatic rings. The van der Waals surface area contributed by atoms with E-state index >= 15 is 0 Å². The summed E-state index contributed by atoms with van der Waals surface area (Å²) in [7, 11) is 0. The number of hydrogen-bond acceptors (Lipinski definition) is 2. The molecule has 25 heavy (non-hydrogen) atoms. The lowest BCUT2D eigenvalue weighted by Gasteiger charge is -2.18. The van der Waals surface area contributed by atoms with Crippen LogP contribution in [0.15, 0.2) is 0 Å². The van der Waals surface area contributed by atoms with Gasteiger partial charge in [-0.2, -0.15) is 0 Å². The largest absolute Gasteiger partial charge is 0.353 e. The lowest BCUT2D eigenvalue weighted by molar-refractivity contribution is -0.147. The van der Waals surface area contributed by atoms with Crippen molar-refractivity contribution in [3.63, 3.8) is 0 Å². The van der Waals surface area contributed by atoms with Crippen LogP contribution in [0.5, 0.6) is 0 Å². The summed E-state index contributed by atoms with van der Waals surface area (Å²) in [5, 5.41) is 0. The zero-order chi connectivity index (χ0) is 18.4. The van der Waals surface area contributed by atoms with Gasteiger partial charge < -0.3 is 9.47 Å². The van der Waals surface area contributed by atoms with Crippen molar-refractivity contribution in [2.45, 2.75) is 136 Å². The van der Waals surface area contributed by atoms with E-state index in [-0.39, 0.29) is 6.29 Å². The molecule has 0 aliphatic carbocycles. The Balaban J connectivity index is 3.64. The zero-order valence-corrected chi connectivity index (χ0v) is 17.8. The maximum absolute atomic E-state index is 6.03. The first-order valence-electron chi connectivity index (χ1n) is 11.6. The smallest absolute Gasteiger partial charge is 0.157 e. The fourth-order valence-electron chi connectivity index (χ4n) is 3.12. The Labute approximate surface area is 159 Å². The van der Waals surface area contributed by atoms with Gasteiger partial charge in [0.2, 0.25) is 0 Å². The predicted molar refractivity (Wildman–Crippen MR) is 111 cm³/mol. The summed E-state index contributed by atoms with van der Waals surface area (Å²) in [5.41, 5.74) is 0. The van der Waals surface area contributed by atoms with Gasteiger partial charge in [-0.05, 0) is 25.7 Å². The van der Waals surface area contributed by atoms with E-state index in [2.05, 4.69) is 20.8 Å². The van der Waals surface area contributed by atoms with Gasteiger partial charge in [0, 0.05) is 13.2 Å². The van der Waals surface area contributed by atoms with E-state index in [0.29, 0.717) is 0 Å². The summed E-state index contributed by atoms with van der Waals surface area (Å²) < 4.78 is 12.0. The molecule has 2 nitrogen and oxygen atoms in total. The quantitative estimate of drug-likeness (QED) is 0.153. The van der Waals surface area contributed by atoms with Gasteiger partial charge in [-0.25, -0.2) is 0 Å². The van der Waals surface area contributed by atoms with Crippen LogP contribution in [-0.2, 0) is 9.47 Å². The molecule has 0 aromatic heterocycles. The lowest BCUT2D eigenvalue weighted by Crippen LogP contribution is -2.19. The molecule has 152 valence electrons. The van der Waals surface area contributed by atoms with Crippen molar-refractivity contribution in [2.24, 2.45) is 0 Å². The van der Waals surface area contributed by atoms with E-state index in [1.165, 1.54) is 96.3 Å². The zero-order valence-electron chi connectivity index (χ0n) is 17.8. The molecule has 0 aromatic rings. The third kappa shape index (κ3) is 20.1. The molecule has 0 aliphatic heterocycles. The summed E-state index contributed by atoms with van der Waals surface area (Å²) in [6.45, 7) is 8.50. The molecule has 0 rings (SSSR count). The Hall–Kier alpha value is -0.0800. The Morgan fingerprint density at radius 3 is 1.36 bits per heavy atom. The highest BCUT2D eigenvalue weighted by Gasteiger charge is 2.09. The van der Waals surface area contributed by atoms with Crippen LogP contribution >= 0.6 is 0 Å². The van der Waals surface area contributed by atoms with Crippen molar-refractivity contribution >= 4 is 0 Å². The van der Waals surface area contributed by atoms with Crippen molar-refractivity contribution in [3.05, 3.63) is 0 Å². The first kappa shape index (κ1) is 24.9. The Morgan fingerprint density at radius 1 is 0.440 bits per heavy atom. The molecule has 0 saturated carbocycles. The molecule has 1 atom stereocenters. The van der Waals surface area contributed by atoms with E-state index < -0.39 is 0 Å². The van der Waals surface area contributed by atoms with Gasteiger partial charge in [0.25, 0.3) is 0 Å². The van der Waals surface area contributed by atoms with Crippen molar-refractivity contribution < 1.29 is 9.47 Å². The van der Waals surface area contributed by atoms with Crippen LogP contribution in [0.2, 0.25) is 0 Å². The second-order valence-corrected chi connectivity index (χ2v) is 7.56. The van der Waals surface area contributed by atoms with E-state index in [4.69, 9.17) is 9.47 Å². The lowest BCUT2D eigenvalue weighted by atomic mass is 10.1. The van der Waals surface area contributed by atoms with Gasteiger partial charge in [0.15, 0.2) is 6.29 Å².